The van der Waals surface area contributed by atoms with E-state index in [1.165, 1.54) is 63.0 Å². The zero-order valence-electron chi connectivity index (χ0n) is 16.5. The van der Waals surface area contributed by atoms with E-state index in [9.17, 15) is 13.2 Å². The number of aliphatic carboxylic acids is 1. The second-order valence-electron chi connectivity index (χ2n) is 10.3. The first-order chi connectivity index (χ1) is 12.9. The van der Waals surface area contributed by atoms with E-state index in [0.717, 1.165) is 18.9 Å². The third kappa shape index (κ3) is 3.32. The van der Waals surface area contributed by atoms with E-state index >= 15 is 0 Å². The minimum atomic E-state index is -5.08. The van der Waals surface area contributed by atoms with E-state index in [-0.39, 0.29) is 0 Å². The number of carboxylic acid groups (broad SMARTS) is 1. The number of alkyl halides is 3. The van der Waals surface area contributed by atoms with Gasteiger partial charge >= 0.3 is 12.1 Å². The highest BCUT2D eigenvalue weighted by Gasteiger charge is 2.62. The number of hydrogen-bond donors (Lipinski definition) is 1. The van der Waals surface area contributed by atoms with Crippen LogP contribution in [0, 0.1) is 16.7 Å². The zero-order chi connectivity index (χ0) is 20.4. The predicted octanol–water partition coefficient (Wildman–Crippen LogP) is 4.50. The number of rotatable bonds is 1. The molecule has 28 heavy (non-hydrogen) atoms. The molecule has 0 spiro atoms. The van der Waals surface area contributed by atoms with Crippen LogP contribution in [0.4, 0.5) is 13.2 Å². The molecule has 4 fully saturated rings. The zero-order valence-corrected chi connectivity index (χ0v) is 16.5. The largest absolute Gasteiger partial charge is 0.490 e. The molecule has 2 unspecified atom stereocenters. The minimum absolute atomic E-state index is 0.353. The molecule has 4 saturated carbocycles. The Morgan fingerprint density at radius 3 is 2.21 bits per heavy atom. The van der Waals surface area contributed by atoms with Crippen LogP contribution in [0.25, 0.3) is 0 Å². The van der Waals surface area contributed by atoms with Crippen molar-refractivity contribution in [1.82, 2.24) is 14.8 Å². The number of carbonyl (C=O) groups is 1. The molecule has 1 aromatic heterocycles. The third-order valence-electron chi connectivity index (χ3n) is 7.20. The Kier molecular flexibility index (Phi) is 4.36. The monoisotopic (exact) mass is 399 g/mol. The summed E-state index contributed by atoms with van der Waals surface area (Å²) in [5, 5.41) is 16.5. The molecule has 5 aliphatic rings. The van der Waals surface area contributed by atoms with Crippen molar-refractivity contribution < 1.29 is 23.1 Å². The van der Waals surface area contributed by atoms with Crippen LogP contribution in [0.15, 0.2) is 0 Å². The Hall–Kier alpha value is -1.60. The van der Waals surface area contributed by atoms with Gasteiger partial charge in [-0.05, 0) is 68.1 Å². The van der Waals surface area contributed by atoms with Crippen molar-refractivity contribution in [2.45, 2.75) is 89.8 Å². The van der Waals surface area contributed by atoms with Gasteiger partial charge in [0.25, 0.3) is 0 Å². The summed E-state index contributed by atoms with van der Waals surface area (Å²) in [5.74, 6) is 0.821. The Balaban J connectivity index is 0.000000239. The van der Waals surface area contributed by atoms with Crippen molar-refractivity contribution in [2.75, 3.05) is 0 Å². The molecule has 0 saturated heterocycles. The number of carboxylic acids is 1. The van der Waals surface area contributed by atoms with Gasteiger partial charge < -0.3 is 9.67 Å². The summed E-state index contributed by atoms with van der Waals surface area (Å²) < 4.78 is 34.3. The maximum absolute atomic E-state index is 10.6. The molecule has 6 rings (SSSR count). The Morgan fingerprint density at radius 2 is 1.68 bits per heavy atom. The van der Waals surface area contributed by atoms with E-state index in [4.69, 9.17) is 15.0 Å². The van der Waals surface area contributed by atoms with Crippen molar-refractivity contribution in [2.24, 2.45) is 16.7 Å². The van der Waals surface area contributed by atoms with Gasteiger partial charge in [0.2, 0.25) is 0 Å². The summed E-state index contributed by atoms with van der Waals surface area (Å²) in [6.07, 6.45) is 7.15. The van der Waals surface area contributed by atoms with Gasteiger partial charge in [0.05, 0.1) is 0 Å². The molecule has 0 amide bonds. The number of fused-ring (bicyclic) bond motifs is 1. The summed E-state index contributed by atoms with van der Waals surface area (Å²) in [5.41, 5.74) is 1.48. The molecule has 1 aliphatic heterocycles. The highest BCUT2D eigenvalue weighted by atomic mass is 19.4. The van der Waals surface area contributed by atoms with Crippen molar-refractivity contribution in [1.29, 1.82) is 0 Å². The summed E-state index contributed by atoms with van der Waals surface area (Å²) in [6.45, 7) is 6.27. The highest BCUT2D eigenvalue weighted by Crippen LogP contribution is 2.69. The number of aromatic nitrogens is 3. The van der Waals surface area contributed by atoms with Crippen LogP contribution in [0.3, 0.4) is 0 Å². The predicted molar refractivity (Wildman–Crippen MR) is 95.7 cm³/mol. The first-order valence-corrected chi connectivity index (χ1v) is 10.2. The Bertz CT molecular complexity index is 770. The summed E-state index contributed by atoms with van der Waals surface area (Å²) in [6, 6.07) is 0. The van der Waals surface area contributed by atoms with Gasteiger partial charge in [-0.2, -0.15) is 13.2 Å². The second-order valence-corrected chi connectivity index (χ2v) is 10.3. The summed E-state index contributed by atoms with van der Waals surface area (Å²) in [4.78, 5) is 8.90. The van der Waals surface area contributed by atoms with E-state index < -0.39 is 12.1 Å². The van der Waals surface area contributed by atoms with Gasteiger partial charge in [0.1, 0.15) is 11.6 Å². The minimum Gasteiger partial charge on any atom is -0.475 e. The fraction of sp³-hybridized carbons (Fsp3) is 0.850. The van der Waals surface area contributed by atoms with Crippen LogP contribution in [0.1, 0.15) is 76.9 Å². The first kappa shape index (κ1) is 19.7. The van der Waals surface area contributed by atoms with Gasteiger partial charge in [0, 0.05) is 18.4 Å². The average Bonchev–Trinajstić information content (AvgIpc) is 2.95. The average molecular weight is 399 g/mol. The molecule has 1 N–H and O–H groups in total. The third-order valence-corrected chi connectivity index (χ3v) is 7.20. The van der Waals surface area contributed by atoms with Crippen LogP contribution >= 0.6 is 0 Å². The number of halogens is 3. The van der Waals surface area contributed by atoms with Crippen molar-refractivity contribution >= 4 is 5.97 Å². The SMILES string of the molecule is CC12CC3CC(C)(C1)CC(c1nnc4n1CCCC4)(C3)C2.O=C(O)C(F)(F)F. The lowest BCUT2D eigenvalue weighted by Gasteiger charge is -2.65. The van der Waals surface area contributed by atoms with Gasteiger partial charge in [-0.15, -0.1) is 10.2 Å². The molecule has 4 aliphatic carbocycles. The Labute approximate surface area is 162 Å². The highest BCUT2D eigenvalue weighted by molar-refractivity contribution is 5.73. The van der Waals surface area contributed by atoms with Crippen LogP contribution in [0.2, 0.25) is 0 Å². The molecular weight excluding hydrogens is 371 g/mol. The quantitative estimate of drug-likeness (QED) is 0.755. The molecule has 0 radical (unpaired) electrons. The molecule has 5 nitrogen and oxygen atoms in total. The summed E-state index contributed by atoms with van der Waals surface area (Å²) >= 11 is 0. The lowest BCUT2D eigenvalue weighted by atomic mass is 9.40. The van der Waals surface area contributed by atoms with Gasteiger partial charge in [-0.1, -0.05) is 13.8 Å². The van der Waals surface area contributed by atoms with Crippen LogP contribution in [0.5, 0.6) is 0 Å². The molecule has 2 heterocycles. The standard InChI is InChI=1S/C18H27N3.C2HF3O2/c1-16-7-13-8-17(2,10-16)12-18(9-13,11-16)15-20-19-14-5-3-4-6-21(14)15;3-2(4,5)1(6)7/h13H,3-12H2,1-2H3;(H,6,7). The van der Waals surface area contributed by atoms with E-state index in [2.05, 4.69) is 23.5 Å². The van der Waals surface area contributed by atoms with E-state index in [1.54, 1.807) is 0 Å². The molecule has 156 valence electrons. The normalized spacial score (nSPS) is 38.5. The van der Waals surface area contributed by atoms with Crippen molar-refractivity contribution in [3.8, 4) is 0 Å². The summed E-state index contributed by atoms with van der Waals surface area (Å²) in [7, 11) is 0. The van der Waals surface area contributed by atoms with Gasteiger partial charge in [-0.25, -0.2) is 4.79 Å². The maximum Gasteiger partial charge on any atom is 0.490 e. The topological polar surface area (TPSA) is 68.0 Å². The molecule has 8 heteroatoms. The number of aryl methyl sites for hydroxylation is 1. The molecule has 4 bridgehead atoms. The fourth-order valence-electron chi connectivity index (χ4n) is 7.40. The van der Waals surface area contributed by atoms with Crippen LogP contribution in [-0.4, -0.2) is 32.0 Å². The first-order valence-electron chi connectivity index (χ1n) is 10.2. The Morgan fingerprint density at radius 1 is 1.07 bits per heavy atom. The lowest BCUT2D eigenvalue weighted by molar-refractivity contribution is -0.192. The maximum atomic E-state index is 10.6. The molecular formula is C20H28F3N3O2. The smallest absolute Gasteiger partial charge is 0.475 e. The van der Waals surface area contributed by atoms with Crippen molar-refractivity contribution in [3.05, 3.63) is 11.6 Å². The molecule has 2 atom stereocenters. The van der Waals surface area contributed by atoms with Gasteiger partial charge in [0.15, 0.2) is 0 Å². The number of hydrogen-bond acceptors (Lipinski definition) is 3. The molecule has 0 aromatic carbocycles. The number of nitrogens with zero attached hydrogens (tertiary/aromatic N) is 3. The van der Waals surface area contributed by atoms with Gasteiger partial charge in [-0.3, -0.25) is 0 Å². The van der Waals surface area contributed by atoms with Crippen LogP contribution in [-0.2, 0) is 23.2 Å². The van der Waals surface area contributed by atoms with E-state index in [0.29, 0.717) is 16.2 Å². The fourth-order valence-corrected chi connectivity index (χ4v) is 7.40. The van der Waals surface area contributed by atoms with Crippen LogP contribution < -0.4 is 0 Å². The van der Waals surface area contributed by atoms with Crippen molar-refractivity contribution in [3.63, 3.8) is 0 Å². The second kappa shape index (κ2) is 6.20. The molecule has 1 aromatic rings. The van der Waals surface area contributed by atoms with E-state index in [1.807, 2.05) is 0 Å². The lowest BCUT2D eigenvalue weighted by Crippen LogP contribution is -2.57.